The van der Waals surface area contributed by atoms with E-state index in [0.717, 1.165) is 128 Å². The summed E-state index contributed by atoms with van der Waals surface area (Å²) in [4.78, 5) is 95.1. The Kier molecular flexibility index (Phi) is 44.4. The summed E-state index contributed by atoms with van der Waals surface area (Å²) in [7, 11) is 1.91. The zero-order valence-corrected chi connectivity index (χ0v) is 48.3. The molecular formula is C59H106N2O15. The van der Waals surface area contributed by atoms with Gasteiger partial charge in [-0.15, -0.1) is 0 Å². The smallest absolute Gasteiger partial charge is 0.410 e. The standard InChI is InChI=1S/C59H106N2O15/c1-6-10-14-18-22-26-32-53(63)71-44-49(45-72-54(64)33-27-23-19-15-11-7-2)40-57(67)75-48-51-42-52(43-61(51)59(69)70-39-31-37-60(5)36-30-38-62)76-58(68)41-50(46-73-55(65)34-28-24-20-16-12-8-3)47-74-56(66)35-29-25-21-17-13-9-4/h49-52,62H,6-48H2,1-5H3/t51-,52-/m1/s1. The zero-order valence-electron chi connectivity index (χ0n) is 48.3. The molecule has 1 rings (SSSR count). The number of nitrogens with zero attached hydrogens (tertiary/aromatic N) is 2. The SMILES string of the molecule is CCCCCCCCC(=O)OCC(COC(=O)CCCCCCCC)CC(=O)OC[C@H]1C[C@@H](OC(=O)CC(COC(=O)CCCCCCCC)COC(=O)CCCCCCCC)CN1C(=O)OCCCN(C)CCCO. The number of hydrogen-bond acceptors (Lipinski definition) is 16. The van der Waals surface area contributed by atoms with Crippen molar-refractivity contribution in [2.75, 3.05) is 72.9 Å². The molecule has 0 aliphatic carbocycles. The molecule has 1 heterocycles. The second-order valence-electron chi connectivity index (χ2n) is 21.1. The molecule has 0 saturated carbocycles. The van der Waals surface area contributed by atoms with E-state index in [4.69, 9.17) is 33.2 Å². The van der Waals surface area contributed by atoms with Crippen LogP contribution in [0.15, 0.2) is 0 Å². The van der Waals surface area contributed by atoms with Gasteiger partial charge in [-0.2, -0.15) is 0 Å². The molecule has 1 aliphatic heterocycles. The highest BCUT2D eigenvalue weighted by Crippen LogP contribution is 2.24. The molecule has 1 amide bonds. The average Bonchev–Trinajstić information content (AvgIpc) is 3.81. The lowest BCUT2D eigenvalue weighted by Gasteiger charge is -2.24. The Morgan fingerprint density at radius 1 is 0.461 bits per heavy atom. The van der Waals surface area contributed by atoms with Crippen molar-refractivity contribution in [1.82, 2.24) is 9.80 Å². The van der Waals surface area contributed by atoms with Crippen LogP contribution in [0.1, 0.15) is 240 Å². The summed E-state index contributed by atoms with van der Waals surface area (Å²) in [5.41, 5.74) is 0. The normalized spacial score (nSPS) is 14.3. The predicted molar refractivity (Wildman–Crippen MR) is 293 cm³/mol. The van der Waals surface area contributed by atoms with Crippen LogP contribution in [-0.2, 0) is 61.9 Å². The Balaban J connectivity index is 3.09. The maximum Gasteiger partial charge on any atom is 0.410 e. The van der Waals surface area contributed by atoms with E-state index >= 15 is 0 Å². The molecule has 17 nitrogen and oxygen atoms in total. The van der Waals surface area contributed by atoms with Gasteiger partial charge in [-0.25, -0.2) is 4.79 Å². The van der Waals surface area contributed by atoms with E-state index in [0.29, 0.717) is 51.6 Å². The maximum atomic E-state index is 13.6. The van der Waals surface area contributed by atoms with Gasteiger partial charge in [-0.1, -0.05) is 156 Å². The summed E-state index contributed by atoms with van der Waals surface area (Å²) in [6.07, 6.45) is 24.7. The van der Waals surface area contributed by atoms with Gasteiger partial charge < -0.3 is 43.2 Å². The summed E-state index contributed by atoms with van der Waals surface area (Å²) in [5, 5.41) is 9.19. The molecule has 1 N–H and O–H groups in total. The lowest BCUT2D eigenvalue weighted by molar-refractivity contribution is -0.157. The largest absolute Gasteiger partial charge is 0.465 e. The van der Waals surface area contributed by atoms with E-state index in [2.05, 4.69) is 27.7 Å². The molecule has 1 fully saturated rings. The van der Waals surface area contributed by atoms with Crippen LogP contribution >= 0.6 is 0 Å². The van der Waals surface area contributed by atoms with E-state index < -0.39 is 42.0 Å². The summed E-state index contributed by atoms with van der Waals surface area (Å²) in [6.45, 7) is 9.25. The quantitative estimate of drug-likeness (QED) is 0.0341. The lowest BCUT2D eigenvalue weighted by Crippen LogP contribution is -2.40. The molecule has 2 atom stereocenters. The highest BCUT2D eigenvalue weighted by Gasteiger charge is 2.39. The van der Waals surface area contributed by atoms with Crippen LogP contribution in [0.25, 0.3) is 0 Å². The fourth-order valence-electron chi connectivity index (χ4n) is 8.99. The molecular weight excluding hydrogens is 977 g/mol. The minimum Gasteiger partial charge on any atom is -0.465 e. The van der Waals surface area contributed by atoms with Gasteiger partial charge in [-0.05, 0) is 45.6 Å². The van der Waals surface area contributed by atoms with Gasteiger partial charge in [0.25, 0.3) is 0 Å². The summed E-state index contributed by atoms with van der Waals surface area (Å²) < 4.78 is 39.7. The van der Waals surface area contributed by atoms with E-state index in [1.165, 1.54) is 4.90 Å². The minimum atomic E-state index is -0.801. The average molecular weight is 1080 g/mol. The van der Waals surface area contributed by atoms with Gasteiger partial charge in [-0.3, -0.25) is 33.7 Å². The van der Waals surface area contributed by atoms with Gasteiger partial charge in [0, 0.05) is 63.6 Å². The monoisotopic (exact) mass is 1080 g/mol. The van der Waals surface area contributed by atoms with Gasteiger partial charge in [0.15, 0.2) is 0 Å². The fraction of sp³-hybridized carbons (Fsp3) is 0.881. The van der Waals surface area contributed by atoms with E-state index in [-0.39, 0.29) is 122 Å². The van der Waals surface area contributed by atoms with Gasteiger partial charge >= 0.3 is 41.9 Å². The predicted octanol–water partition coefficient (Wildman–Crippen LogP) is 11.5. The van der Waals surface area contributed by atoms with Gasteiger partial charge in [0.2, 0.25) is 0 Å². The number of ether oxygens (including phenoxy) is 7. The number of rotatable bonds is 50. The molecule has 1 saturated heterocycles. The van der Waals surface area contributed by atoms with Crippen molar-refractivity contribution in [2.45, 2.75) is 252 Å². The second kappa shape index (κ2) is 48.2. The Labute approximate surface area is 458 Å². The van der Waals surface area contributed by atoms with Crippen LogP contribution in [0.4, 0.5) is 4.79 Å². The first kappa shape index (κ1) is 70.0. The third-order valence-electron chi connectivity index (χ3n) is 13.7. The molecule has 0 bridgehead atoms. The number of aliphatic hydroxyl groups is 1. The van der Waals surface area contributed by atoms with Crippen LogP contribution in [0.3, 0.4) is 0 Å². The number of aliphatic hydroxyl groups excluding tert-OH is 1. The van der Waals surface area contributed by atoms with Crippen LogP contribution in [-0.4, -0.2) is 142 Å². The number of hydrogen-bond donors (Lipinski definition) is 1. The second-order valence-corrected chi connectivity index (χ2v) is 21.1. The van der Waals surface area contributed by atoms with Crippen molar-refractivity contribution in [2.24, 2.45) is 11.8 Å². The maximum absolute atomic E-state index is 13.6. The lowest BCUT2D eigenvalue weighted by atomic mass is 10.1. The summed E-state index contributed by atoms with van der Waals surface area (Å²) >= 11 is 0. The van der Waals surface area contributed by atoms with Crippen LogP contribution in [0, 0.1) is 11.8 Å². The fourth-order valence-corrected chi connectivity index (χ4v) is 8.99. The Bertz CT molecular complexity index is 1470. The molecule has 17 heteroatoms. The Hall–Kier alpha value is -3.99. The Morgan fingerprint density at radius 2 is 0.829 bits per heavy atom. The zero-order chi connectivity index (χ0) is 55.9. The van der Waals surface area contributed by atoms with Crippen LogP contribution in [0.5, 0.6) is 0 Å². The summed E-state index contributed by atoms with van der Waals surface area (Å²) in [6, 6.07) is -0.730. The number of amides is 1. The first-order chi connectivity index (χ1) is 36.8. The third-order valence-corrected chi connectivity index (χ3v) is 13.7. The summed E-state index contributed by atoms with van der Waals surface area (Å²) in [5.74, 6) is -4.15. The number of likely N-dealkylation sites (tertiary alicyclic amines) is 1. The number of esters is 6. The number of unbranched alkanes of at least 4 members (excludes halogenated alkanes) is 20. The molecule has 76 heavy (non-hydrogen) atoms. The van der Waals surface area contributed by atoms with E-state index in [1.54, 1.807) is 0 Å². The molecule has 0 aromatic rings. The van der Waals surface area contributed by atoms with E-state index in [1.807, 2.05) is 11.9 Å². The molecule has 0 radical (unpaired) electrons. The van der Waals surface area contributed by atoms with Crippen molar-refractivity contribution in [3.05, 3.63) is 0 Å². The molecule has 0 unspecified atom stereocenters. The van der Waals surface area contributed by atoms with Crippen molar-refractivity contribution in [1.29, 1.82) is 0 Å². The van der Waals surface area contributed by atoms with E-state index in [9.17, 15) is 38.7 Å². The highest BCUT2D eigenvalue weighted by atomic mass is 16.6. The van der Waals surface area contributed by atoms with Crippen molar-refractivity contribution in [3.8, 4) is 0 Å². The number of carbonyl (C=O) groups excluding carboxylic acids is 7. The van der Waals surface area contributed by atoms with Crippen LogP contribution < -0.4 is 0 Å². The van der Waals surface area contributed by atoms with Gasteiger partial charge in [0.1, 0.15) is 12.7 Å². The minimum absolute atomic E-state index is 0.0416. The number of carbonyl (C=O) groups is 7. The topological polar surface area (TPSA) is 211 Å². The van der Waals surface area contributed by atoms with Crippen molar-refractivity contribution < 1.29 is 71.8 Å². The molecule has 0 aromatic carbocycles. The molecule has 0 spiro atoms. The Morgan fingerprint density at radius 3 is 1.22 bits per heavy atom. The first-order valence-corrected chi connectivity index (χ1v) is 30.1. The molecule has 1 aliphatic rings. The first-order valence-electron chi connectivity index (χ1n) is 30.1. The van der Waals surface area contributed by atoms with Crippen molar-refractivity contribution in [3.63, 3.8) is 0 Å². The van der Waals surface area contributed by atoms with Crippen LogP contribution in [0.2, 0.25) is 0 Å². The third kappa shape index (κ3) is 39.4. The van der Waals surface area contributed by atoms with Crippen molar-refractivity contribution >= 4 is 41.9 Å². The molecule has 442 valence electrons. The highest BCUT2D eigenvalue weighted by molar-refractivity contribution is 5.73. The van der Waals surface area contributed by atoms with Gasteiger partial charge in [0.05, 0.1) is 58.5 Å². The molecule has 0 aromatic heterocycles.